The standard InChI is InChI=1S/C18H17FN2O2/c19-14-7-5-13(6-8-14)11-20(15-9-10-15)12-21-16-3-1-2-4-17(16)23-18(21)22/h1-8,15H,9-12H2. The quantitative estimate of drug-likeness (QED) is 0.725. The van der Waals surface area contributed by atoms with Gasteiger partial charge in [-0.05, 0) is 42.7 Å². The summed E-state index contributed by atoms with van der Waals surface area (Å²) in [5.74, 6) is -0.570. The smallest absolute Gasteiger partial charge is 0.408 e. The fraction of sp³-hybridized carbons (Fsp3) is 0.278. The topological polar surface area (TPSA) is 38.4 Å². The molecule has 0 radical (unpaired) electrons. The van der Waals surface area contributed by atoms with Gasteiger partial charge in [0.15, 0.2) is 5.58 Å². The van der Waals surface area contributed by atoms with Gasteiger partial charge in [0, 0.05) is 12.6 Å². The molecule has 118 valence electrons. The van der Waals surface area contributed by atoms with Gasteiger partial charge in [0.2, 0.25) is 0 Å². The predicted octanol–water partition coefficient (Wildman–Crippen LogP) is 3.36. The van der Waals surface area contributed by atoms with Gasteiger partial charge in [0.1, 0.15) is 5.82 Å². The average molecular weight is 312 g/mol. The Morgan fingerprint density at radius 3 is 2.61 bits per heavy atom. The zero-order valence-electron chi connectivity index (χ0n) is 12.6. The summed E-state index contributed by atoms with van der Waals surface area (Å²) >= 11 is 0. The Labute approximate surface area is 132 Å². The van der Waals surface area contributed by atoms with Crippen LogP contribution in [0.2, 0.25) is 0 Å². The van der Waals surface area contributed by atoms with E-state index in [0.29, 0.717) is 24.8 Å². The Hall–Kier alpha value is -2.40. The van der Waals surface area contributed by atoms with E-state index >= 15 is 0 Å². The zero-order chi connectivity index (χ0) is 15.8. The van der Waals surface area contributed by atoms with Crippen LogP contribution in [0.4, 0.5) is 4.39 Å². The highest BCUT2D eigenvalue weighted by Crippen LogP contribution is 2.29. The van der Waals surface area contributed by atoms with Crippen molar-refractivity contribution in [1.29, 1.82) is 0 Å². The van der Waals surface area contributed by atoms with E-state index in [9.17, 15) is 9.18 Å². The number of halogens is 1. The van der Waals surface area contributed by atoms with Crippen LogP contribution in [-0.4, -0.2) is 15.5 Å². The van der Waals surface area contributed by atoms with Crippen molar-refractivity contribution in [2.75, 3.05) is 0 Å². The van der Waals surface area contributed by atoms with E-state index in [1.807, 2.05) is 18.2 Å². The fourth-order valence-electron chi connectivity index (χ4n) is 2.89. The molecule has 0 N–H and O–H groups in total. The van der Waals surface area contributed by atoms with Crippen LogP contribution in [0.15, 0.2) is 57.7 Å². The summed E-state index contributed by atoms with van der Waals surface area (Å²) in [5.41, 5.74) is 2.46. The summed E-state index contributed by atoms with van der Waals surface area (Å²) in [6.45, 7) is 1.18. The van der Waals surface area contributed by atoms with Crippen molar-refractivity contribution in [3.63, 3.8) is 0 Å². The molecule has 23 heavy (non-hydrogen) atoms. The van der Waals surface area contributed by atoms with Gasteiger partial charge in [-0.1, -0.05) is 24.3 Å². The molecular formula is C18H17FN2O2. The molecule has 0 spiro atoms. The van der Waals surface area contributed by atoms with Gasteiger partial charge in [0.05, 0.1) is 12.2 Å². The first-order valence-electron chi connectivity index (χ1n) is 7.77. The van der Waals surface area contributed by atoms with Crippen LogP contribution in [0.25, 0.3) is 11.1 Å². The van der Waals surface area contributed by atoms with Crippen molar-refractivity contribution < 1.29 is 8.81 Å². The van der Waals surface area contributed by atoms with E-state index in [0.717, 1.165) is 23.9 Å². The van der Waals surface area contributed by atoms with E-state index < -0.39 is 0 Å². The van der Waals surface area contributed by atoms with Gasteiger partial charge < -0.3 is 4.42 Å². The highest BCUT2D eigenvalue weighted by molar-refractivity contribution is 5.72. The normalized spacial score (nSPS) is 14.7. The first kappa shape index (κ1) is 14.2. The third-order valence-electron chi connectivity index (χ3n) is 4.26. The third kappa shape index (κ3) is 2.92. The van der Waals surface area contributed by atoms with Crippen molar-refractivity contribution in [2.24, 2.45) is 0 Å². The molecule has 0 unspecified atom stereocenters. The Balaban J connectivity index is 1.62. The van der Waals surface area contributed by atoms with Crippen molar-refractivity contribution in [3.05, 3.63) is 70.5 Å². The lowest BCUT2D eigenvalue weighted by Gasteiger charge is -2.22. The molecule has 1 aromatic heterocycles. The van der Waals surface area contributed by atoms with E-state index in [1.165, 1.54) is 12.1 Å². The second-order valence-corrected chi connectivity index (χ2v) is 6.01. The first-order valence-corrected chi connectivity index (χ1v) is 7.77. The largest absolute Gasteiger partial charge is 0.421 e. The summed E-state index contributed by atoms with van der Waals surface area (Å²) in [6, 6.07) is 14.4. The summed E-state index contributed by atoms with van der Waals surface area (Å²) in [6.07, 6.45) is 2.26. The second kappa shape index (κ2) is 5.66. The average Bonchev–Trinajstić information content (AvgIpc) is 3.34. The number of hydrogen-bond donors (Lipinski definition) is 0. The summed E-state index contributed by atoms with van der Waals surface area (Å²) in [4.78, 5) is 14.4. The molecule has 0 aliphatic heterocycles. The van der Waals surface area contributed by atoms with E-state index in [1.54, 1.807) is 22.8 Å². The molecule has 0 saturated heterocycles. The van der Waals surface area contributed by atoms with Gasteiger partial charge in [0.25, 0.3) is 0 Å². The van der Waals surface area contributed by atoms with Crippen molar-refractivity contribution in [2.45, 2.75) is 32.1 Å². The number of oxazole rings is 1. The molecule has 3 aromatic rings. The number of rotatable bonds is 5. The fourth-order valence-corrected chi connectivity index (χ4v) is 2.89. The van der Waals surface area contributed by atoms with Crippen molar-refractivity contribution in [3.8, 4) is 0 Å². The van der Waals surface area contributed by atoms with Gasteiger partial charge in [-0.25, -0.2) is 9.18 Å². The maximum atomic E-state index is 13.1. The van der Waals surface area contributed by atoms with E-state index in [4.69, 9.17) is 4.42 Å². The predicted molar refractivity (Wildman–Crippen MR) is 85.4 cm³/mol. The molecule has 1 aliphatic rings. The first-order chi connectivity index (χ1) is 11.2. The SMILES string of the molecule is O=c1oc2ccccc2n1CN(Cc1ccc(F)cc1)C1CC1. The minimum Gasteiger partial charge on any atom is -0.408 e. The Kier molecular flexibility index (Phi) is 3.50. The molecule has 4 nitrogen and oxygen atoms in total. The minimum atomic E-state index is -0.337. The molecule has 0 bridgehead atoms. The number of fused-ring (bicyclic) bond motifs is 1. The van der Waals surface area contributed by atoms with Gasteiger partial charge in [-0.2, -0.15) is 0 Å². The number of nitrogens with zero attached hydrogens (tertiary/aromatic N) is 2. The van der Waals surface area contributed by atoms with E-state index in [-0.39, 0.29) is 11.6 Å². The maximum Gasteiger partial charge on any atom is 0.421 e. The molecule has 5 heteroatoms. The maximum absolute atomic E-state index is 13.1. The molecule has 1 heterocycles. The molecule has 0 amide bonds. The summed E-state index contributed by atoms with van der Waals surface area (Å²) in [7, 11) is 0. The molecular weight excluding hydrogens is 295 g/mol. The number of hydrogen-bond acceptors (Lipinski definition) is 3. The summed E-state index contributed by atoms with van der Waals surface area (Å²) in [5, 5.41) is 0. The number of aromatic nitrogens is 1. The number of benzene rings is 2. The van der Waals surface area contributed by atoms with Crippen molar-refractivity contribution >= 4 is 11.1 Å². The highest BCUT2D eigenvalue weighted by atomic mass is 19.1. The van der Waals surface area contributed by atoms with Gasteiger partial charge in [-0.3, -0.25) is 9.47 Å². The zero-order valence-corrected chi connectivity index (χ0v) is 12.6. The highest BCUT2D eigenvalue weighted by Gasteiger charge is 2.30. The van der Waals surface area contributed by atoms with E-state index in [2.05, 4.69) is 4.90 Å². The Morgan fingerprint density at radius 2 is 1.87 bits per heavy atom. The minimum absolute atomic E-state index is 0.233. The molecule has 4 rings (SSSR count). The molecule has 1 aliphatic carbocycles. The van der Waals surface area contributed by atoms with Crippen LogP contribution in [0.1, 0.15) is 18.4 Å². The molecule has 1 fully saturated rings. The third-order valence-corrected chi connectivity index (χ3v) is 4.26. The Bertz CT molecular complexity index is 878. The van der Waals surface area contributed by atoms with Crippen LogP contribution < -0.4 is 5.76 Å². The molecule has 2 aromatic carbocycles. The van der Waals surface area contributed by atoms with Crippen molar-refractivity contribution in [1.82, 2.24) is 9.47 Å². The lowest BCUT2D eigenvalue weighted by molar-refractivity contribution is 0.194. The van der Waals surface area contributed by atoms with Crippen LogP contribution in [0.5, 0.6) is 0 Å². The lowest BCUT2D eigenvalue weighted by Crippen LogP contribution is -2.31. The van der Waals surface area contributed by atoms with Crippen LogP contribution in [0, 0.1) is 5.82 Å². The second-order valence-electron chi connectivity index (χ2n) is 6.01. The van der Waals surface area contributed by atoms with Gasteiger partial charge >= 0.3 is 5.76 Å². The summed E-state index contributed by atoms with van der Waals surface area (Å²) < 4.78 is 20.0. The van der Waals surface area contributed by atoms with Crippen LogP contribution >= 0.6 is 0 Å². The molecule has 0 atom stereocenters. The van der Waals surface area contributed by atoms with Crippen LogP contribution in [-0.2, 0) is 13.2 Å². The number of para-hydroxylation sites is 2. The van der Waals surface area contributed by atoms with Crippen LogP contribution in [0.3, 0.4) is 0 Å². The Morgan fingerprint density at radius 1 is 1.13 bits per heavy atom. The molecule has 1 saturated carbocycles. The monoisotopic (exact) mass is 312 g/mol. The van der Waals surface area contributed by atoms with Gasteiger partial charge in [-0.15, -0.1) is 0 Å². The lowest BCUT2D eigenvalue weighted by atomic mass is 10.2.